The normalized spacial score (nSPS) is 20.5. The van der Waals surface area contributed by atoms with Crippen LogP contribution in [0, 0.1) is 0 Å². The number of nitrogens with one attached hydrogen (secondary N) is 1. The summed E-state index contributed by atoms with van der Waals surface area (Å²) in [7, 11) is 0.607. The molecule has 1 saturated heterocycles. The largest absolute Gasteiger partial charge is 0.312 e. The van der Waals surface area contributed by atoms with Crippen molar-refractivity contribution >= 4 is 21.4 Å². The van der Waals surface area contributed by atoms with Gasteiger partial charge in [0.25, 0.3) is 0 Å². The number of sulfonamides is 1. The first-order chi connectivity index (χ1) is 9.96. The topological polar surface area (TPSA) is 52.7 Å². The molecule has 2 heterocycles. The van der Waals surface area contributed by atoms with Crippen molar-refractivity contribution < 1.29 is 8.42 Å². The second kappa shape index (κ2) is 7.19. The molecule has 2 rings (SSSR count). The highest BCUT2D eigenvalue weighted by atomic mass is 32.2. The second-order valence-corrected chi connectivity index (χ2v) is 8.52. The lowest BCUT2D eigenvalue weighted by atomic mass is 10.2. The fourth-order valence-electron chi connectivity index (χ4n) is 2.78. The molecule has 0 aliphatic carbocycles. The van der Waals surface area contributed by atoms with Crippen LogP contribution in [-0.4, -0.2) is 57.4 Å². The van der Waals surface area contributed by atoms with E-state index >= 15 is 0 Å². The van der Waals surface area contributed by atoms with Crippen LogP contribution in [0.1, 0.15) is 24.6 Å². The number of likely N-dealkylation sites (N-methyl/N-ethyl adjacent to an activating group) is 1. The van der Waals surface area contributed by atoms with E-state index in [1.165, 1.54) is 11.3 Å². The van der Waals surface area contributed by atoms with Crippen molar-refractivity contribution in [3.8, 4) is 0 Å². The van der Waals surface area contributed by atoms with E-state index in [2.05, 4.69) is 10.2 Å². The Morgan fingerprint density at radius 1 is 1.48 bits per heavy atom. The van der Waals surface area contributed by atoms with Gasteiger partial charge in [-0.05, 0) is 44.9 Å². The van der Waals surface area contributed by atoms with E-state index in [0.29, 0.717) is 18.0 Å². The maximum Gasteiger partial charge on any atom is 0.244 e. The average Bonchev–Trinajstić information content (AvgIpc) is 3.04. The van der Waals surface area contributed by atoms with Crippen molar-refractivity contribution in [2.24, 2.45) is 0 Å². The van der Waals surface area contributed by atoms with E-state index in [1.54, 1.807) is 10.4 Å². The van der Waals surface area contributed by atoms with Gasteiger partial charge >= 0.3 is 0 Å². The lowest BCUT2D eigenvalue weighted by Crippen LogP contribution is -2.41. The minimum Gasteiger partial charge on any atom is -0.312 e. The third-order valence-corrected chi connectivity index (χ3v) is 6.81. The van der Waals surface area contributed by atoms with E-state index in [4.69, 9.17) is 0 Å². The summed E-state index contributed by atoms with van der Waals surface area (Å²) in [6.45, 7) is 4.90. The van der Waals surface area contributed by atoms with Crippen LogP contribution < -0.4 is 5.32 Å². The highest BCUT2D eigenvalue weighted by Crippen LogP contribution is 2.30. The molecule has 1 aliphatic rings. The molecule has 1 aromatic heterocycles. The zero-order valence-electron chi connectivity index (χ0n) is 13.0. The molecular formula is C14H25N3O2S2. The van der Waals surface area contributed by atoms with E-state index in [9.17, 15) is 8.42 Å². The van der Waals surface area contributed by atoms with Gasteiger partial charge in [-0.15, -0.1) is 11.3 Å². The number of rotatable bonds is 7. The highest BCUT2D eigenvalue weighted by molar-refractivity contribution is 7.89. The van der Waals surface area contributed by atoms with E-state index in [-0.39, 0.29) is 6.04 Å². The first kappa shape index (κ1) is 16.9. The van der Waals surface area contributed by atoms with Gasteiger partial charge in [0.05, 0.1) is 4.90 Å². The molecule has 1 unspecified atom stereocenters. The molecule has 120 valence electrons. The summed E-state index contributed by atoms with van der Waals surface area (Å²) in [5.41, 5.74) is 0. The van der Waals surface area contributed by atoms with Crippen LogP contribution in [0.5, 0.6) is 0 Å². The van der Waals surface area contributed by atoms with Gasteiger partial charge in [0, 0.05) is 30.6 Å². The number of hydrogen-bond donors (Lipinski definition) is 1. The predicted molar refractivity (Wildman–Crippen MR) is 87.2 cm³/mol. The Balaban J connectivity index is 2.23. The number of nitrogens with zero attached hydrogens (tertiary/aromatic N) is 2. The molecule has 0 spiro atoms. The molecule has 1 aromatic rings. The van der Waals surface area contributed by atoms with Crippen LogP contribution in [0.25, 0.3) is 0 Å². The van der Waals surface area contributed by atoms with Crippen LogP contribution in [0.3, 0.4) is 0 Å². The SMILES string of the molecule is CCNCc1sccc1S(=O)(=O)N1CCCC1CN(C)C. The Morgan fingerprint density at radius 3 is 2.90 bits per heavy atom. The number of thiophene rings is 1. The predicted octanol–water partition coefficient (Wildman–Crippen LogP) is 1.57. The maximum absolute atomic E-state index is 13.0. The molecule has 0 bridgehead atoms. The Labute approximate surface area is 132 Å². The summed E-state index contributed by atoms with van der Waals surface area (Å²) >= 11 is 1.51. The van der Waals surface area contributed by atoms with Crippen molar-refractivity contribution in [3.63, 3.8) is 0 Å². The summed E-state index contributed by atoms with van der Waals surface area (Å²) in [6.07, 6.45) is 1.90. The lowest BCUT2D eigenvalue weighted by Gasteiger charge is -2.26. The number of hydrogen-bond acceptors (Lipinski definition) is 5. The summed E-state index contributed by atoms with van der Waals surface area (Å²) in [4.78, 5) is 3.46. The maximum atomic E-state index is 13.0. The molecule has 0 aromatic carbocycles. The van der Waals surface area contributed by atoms with E-state index in [0.717, 1.165) is 30.8 Å². The third-order valence-electron chi connectivity index (χ3n) is 3.73. The molecule has 1 aliphatic heterocycles. The minimum atomic E-state index is -3.37. The molecule has 5 nitrogen and oxygen atoms in total. The Bertz CT molecular complexity index is 554. The summed E-state index contributed by atoms with van der Waals surface area (Å²) in [5.74, 6) is 0. The van der Waals surface area contributed by atoms with Gasteiger partial charge in [-0.3, -0.25) is 0 Å². The molecule has 1 atom stereocenters. The fraction of sp³-hybridized carbons (Fsp3) is 0.714. The van der Waals surface area contributed by atoms with Gasteiger partial charge < -0.3 is 10.2 Å². The Morgan fingerprint density at radius 2 is 2.24 bits per heavy atom. The van der Waals surface area contributed by atoms with Crippen molar-refractivity contribution in [2.75, 3.05) is 33.7 Å². The molecule has 1 fully saturated rings. The van der Waals surface area contributed by atoms with Crippen molar-refractivity contribution in [1.82, 2.24) is 14.5 Å². The van der Waals surface area contributed by atoms with Gasteiger partial charge in [0.2, 0.25) is 10.0 Å². The first-order valence-electron chi connectivity index (χ1n) is 7.40. The average molecular weight is 332 g/mol. The zero-order valence-corrected chi connectivity index (χ0v) is 14.6. The van der Waals surface area contributed by atoms with Crippen LogP contribution in [0.2, 0.25) is 0 Å². The smallest absolute Gasteiger partial charge is 0.244 e. The molecule has 7 heteroatoms. The van der Waals surface area contributed by atoms with Crippen LogP contribution in [-0.2, 0) is 16.6 Å². The van der Waals surface area contributed by atoms with Crippen molar-refractivity contribution in [2.45, 2.75) is 37.2 Å². The van der Waals surface area contributed by atoms with Gasteiger partial charge in [-0.25, -0.2) is 8.42 Å². The Kier molecular flexibility index (Phi) is 5.79. The lowest BCUT2D eigenvalue weighted by molar-refractivity contribution is 0.291. The summed E-state index contributed by atoms with van der Waals surface area (Å²) in [6, 6.07) is 1.84. The molecule has 0 radical (unpaired) electrons. The monoisotopic (exact) mass is 331 g/mol. The van der Waals surface area contributed by atoms with Crippen molar-refractivity contribution in [1.29, 1.82) is 0 Å². The third kappa shape index (κ3) is 3.84. The van der Waals surface area contributed by atoms with E-state index < -0.39 is 10.0 Å². The molecular weight excluding hydrogens is 306 g/mol. The fourth-order valence-corrected chi connectivity index (χ4v) is 5.85. The quantitative estimate of drug-likeness (QED) is 0.824. The molecule has 0 saturated carbocycles. The zero-order chi connectivity index (χ0) is 15.5. The molecule has 0 amide bonds. The van der Waals surface area contributed by atoms with Gasteiger partial charge in [-0.1, -0.05) is 6.92 Å². The molecule has 1 N–H and O–H groups in total. The Hall–Kier alpha value is -0.470. The van der Waals surface area contributed by atoms with Crippen LogP contribution in [0.15, 0.2) is 16.3 Å². The van der Waals surface area contributed by atoms with Crippen LogP contribution >= 0.6 is 11.3 Å². The molecule has 21 heavy (non-hydrogen) atoms. The summed E-state index contributed by atoms with van der Waals surface area (Å²) < 4.78 is 27.6. The van der Waals surface area contributed by atoms with Gasteiger partial charge in [0.15, 0.2) is 0 Å². The minimum absolute atomic E-state index is 0.0943. The van der Waals surface area contributed by atoms with Gasteiger partial charge in [-0.2, -0.15) is 4.31 Å². The standard InChI is InChI=1S/C14H25N3O2S2/c1-4-15-10-13-14(7-9-20-13)21(18,19)17-8-5-6-12(17)11-16(2)3/h7,9,12,15H,4-6,8,10-11H2,1-3H3. The highest BCUT2D eigenvalue weighted by Gasteiger charge is 2.36. The summed E-state index contributed by atoms with van der Waals surface area (Å²) in [5, 5.41) is 5.09. The van der Waals surface area contributed by atoms with E-state index in [1.807, 2.05) is 26.4 Å². The van der Waals surface area contributed by atoms with Crippen molar-refractivity contribution in [3.05, 3.63) is 16.3 Å². The van der Waals surface area contributed by atoms with Crippen LogP contribution in [0.4, 0.5) is 0 Å². The van der Waals surface area contributed by atoms with Gasteiger partial charge in [0.1, 0.15) is 0 Å². The second-order valence-electron chi connectivity index (χ2n) is 5.66. The first-order valence-corrected chi connectivity index (χ1v) is 9.72.